The molecule has 0 aliphatic carbocycles. The van der Waals surface area contributed by atoms with Gasteiger partial charge >= 0.3 is 11.9 Å². The Morgan fingerprint density at radius 1 is 1.00 bits per heavy atom. The molecule has 0 saturated heterocycles. The average molecular weight is 432 g/mol. The lowest BCUT2D eigenvalue weighted by Crippen LogP contribution is -2.33. The van der Waals surface area contributed by atoms with Gasteiger partial charge in [-0.05, 0) is 39.3 Å². The van der Waals surface area contributed by atoms with Gasteiger partial charge < -0.3 is 19.5 Å². The first-order valence-electron chi connectivity index (χ1n) is 9.81. The standard InChI is InChI=1S/C21H25N3O5S/c1-5-27-10-11-29-21(26)17-13(4)22-12(3)16(20(25)28-6-2)18(17)14-8-7-9-15-19(14)24-30-23-15/h7-9,18,22H,5-6,10-11H2,1-4H3. The molecule has 2 aromatic rings. The van der Waals surface area contributed by atoms with Crippen LogP contribution in [0.25, 0.3) is 11.0 Å². The number of dihydropyridines is 1. The first-order valence-corrected chi connectivity index (χ1v) is 10.5. The van der Waals surface area contributed by atoms with Crippen LogP contribution in [0.2, 0.25) is 0 Å². The molecule has 160 valence electrons. The fourth-order valence-electron chi connectivity index (χ4n) is 3.53. The lowest BCUT2D eigenvalue weighted by atomic mass is 9.80. The van der Waals surface area contributed by atoms with E-state index in [1.807, 2.05) is 25.1 Å². The summed E-state index contributed by atoms with van der Waals surface area (Å²) in [6.07, 6.45) is 0. The number of carbonyl (C=O) groups is 2. The zero-order valence-electron chi connectivity index (χ0n) is 17.5. The highest BCUT2D eigenvalue weighted by atomic mass is 32.1. The second-order valence-electron chi connectivity index (χ2n) is 6.67. The fraction of sp³-hybridized carbons (Fsp3) is 0.429. The molecule has 8 nitrogen and oxygen atoms in total. The van der Waals surface area contributed by atoms with Gasteiger partial charge in [0.2, 0.25) is 0 Å². The summed E-state index contributed by atoms with van der Waals surface area (Å²) in [6, 6.07) is 5.54. The molecule has 0 fully saturated rings. The maximum absolute atomic E-state index is 13.1. The molecule has 2 heterocycles. The number of esters is 2. The van der Waals surface area contributed by atoms with Gasteiger partial charge in [0.1, 0.15) is 17.6 Å². The molecule has 30 heavy (non-hydrogen) atoms. The molecule has 0 radical (unpaired) electrons. The smallest absolute Gasteiger partial charge is 0.336 e. The van der Waals surface area contributed by atoms with Crippen LogP contribution in [-0.4, -0.2) is 47.1 Å². The van der Waals surface area contributed by atoms with E-state index in [-0.39, 0.29) is 13.2 Å². The number of allylic oxidation sites excluding steroid dienone is 2. The zero-order chi connectivity index (χ0) is 21.7. The van der Waals surface area contributed by atoms with Crippen molar-refractivity contribution in [2.75, 3.05) is 26.4 Å². The van der Waals surface area contributed by atoms with E-state index >= 15 is 0 Å². The molecule has 9 heteroatoms. The number of nitrogens with one attached hydrogen (secondary N) is 1. The second-order valence-corrected chi connectivity index (χ2v) is 7.20. The minimum atomic E-state index is -0.683. The third-order valence-electron chi connectivity index (χ3n) is 4.77. The Morgan fingerprint density at radius 3 is 2.37 bits per heavy atom. The summed E-state index contributed by atoms with van der Waals surface area (Å²) in [5.41, 5.74) is 4.02. The Morgan fingerprint density at radius 2 is 1.70 bits per heavy atom. The predicted octanol–water partition coefficient (Wildman–Crippen LogP) is 3.07. The van der Waals surface area contributed by atoms with E-state index in [0.29, 0.717) is 52.4 Å². The molecule has 1 aromatic carbocycles. The first-order chi connectivity index (χ1) is 14.5. The SMILES string of the molecule is CCOCCOC(=O)C1=C(C)NC(C)=C(C(=O)OCC)C1c1cccc2nsnc12. The first kappa shape index (κ1) is 21.9. The van der Waals surface area contributed by atoms with Crippen LogP contribution in [0.4, 0.5) is 0 Å². The van der Waals surface area contributed by atoms with Crippen LogP contribution in [0.3, 0.4) is 0 Å². The predicted molar refractivity (Wildman–Crippen MR) is 113 cm³/mol. The summed E-state index contributed by atoms with van der Waals surface area (Å²) < 4.78 is 24.7. The van der Waals surface area contributed by atoms with Gasteiger partial charge in [0.15, 0.2) is 0 Å². The third-order valence-corrected chi connectivity index (χ3v) is 5.31. The van der Waals surface area contributed by atoms with Crippen molar-refractivity contribution in [1.82, 2.24) is 14.1 Å². The molecule has 1 aliphatic heterocycles. The topological polar surface area (TPSA) is 99.6 Å². The lowest BCUT2D eigenvalue weighted by molar-refractivity contribution is -0.141. The van der Waals surface area contributed by atoms with Crippen molar-refractivity contribution in [3.05, 3.63) is 46.3 Å². The molecular formula is C21H25N3O5S. The molecule has 1 atom stereocenters. The Bertz CT molecular complexity index is 1010. The molecule has 3 rings (SSSR count). The van der Waals surface area contributed by atoms with Gasteiger partial charge in [-0.15, -0.1) is 0 Å². The van der Waals surface area contributed by atoms with Gasteiger partial charge in [0.05, 0.1) is 42.0 Å². The largest absolute Gasteiger partial charge is 0.463 e. The Kier molecular flexibility index (Phi) is 7.17. The van der Waals surface area contributed by atoms with E-state index in [1.165, 1.54) is 0 Å². The normalized spacial score (nSPS) is 16.6. The molecule has 1 aromatic heterocycles. The number of benzene rings is 1. The number of hydrogen-bond acceptors (Lipinski definition) is 9. The van der Waals surface area contributed by atoms with Gasteiger partial charge in [-0.25, -0.2) is 9.59 Å². The van der Waals surface area contributed by atoms with Gasteiger partial charge in [-0.3, -0.25) is 0 Å². The van der Waals surface area contributed by atoms with Crippen molar-refractivity contribution in [2.45, 2.75) is 33.6 Å². The second kappa shape index (κ2) is 9.82. The fourth-order valence-corrected chi connectivity index (χ4v) is 4.09. The highest BCUT2D eigenvalue weighted by molar-refractivity contribution is 7.00. The summed E-state index contributed by atoms with van der Waals surface area (Å²) in [5.74, 6) is -1.68. The van der Waals surface area contributed by atoms with Gasteiger partial charge in [0, 0.05) is 18.0 Å². The molecule has 0 bridgehead atoms. The number of carbonyl (C=O) groups excluding carboxylic acids is 2. The Labute approximate surface area is 179 Å². The number of ether oxygens (including phenoxy) is 3. The van der Waals surface area contributed by atoms with E-state index in [1.54, 1.807) is 20.8 Å². The monoisotopic (exact) mass is 431 g/mol. The van der Waals surface area contributed by atoms with E-state index in [2.05, 4.69) is 14.1 Å². The summed E-state index contributed by atoms with van der Waals surface area (Å²) in [7, 11) is 0. The molecule has 1 aliphatic rings. The van der Waals surface area contributed by atoms with Crippen molar-refractivity contribution < 1.29 is 23.8 Å². The van der Waals surface area contributed by atoms with E-state index < -0.39 is 17.9 Å². The molecule has 0 amide bonds. The molecule has 0 saturated carbocycles. The number of nitrogens with zero attached hydrogens (tertiary/aromatic N) is 2. The summed E-state index contributed by atoms with van der Waals surface area (Å²) in [6.45, 7) is 8.38. The zero-order valence-corrected chi connectivity index (χ0v) is 18.3. The van der Waals surface area contributed by atoms with E-state index in [4.69, 9.17) is 14.2 Å². The number of fused-ring (bicyclic) bond motifs is 1. The molecule has 0 spiro atoms. The van der Waals surface area contributed by atoms with Crippen molar-refractivity contribution in [2.24, 2.45) is 0 Å². The van der Waals surface area contributed by atoms with Crippen LogP contribution < -0.4 is 5.32 Å². The third kappa shape index (κ3) is 4.36. The maximum atomic E-state index is 13.1. The quantitative estimate of drug-likeness (QED) is 0.503. The lowest BCUT2D eigenvalue weighted by Gasteiger charge is -2.30. The van der Waals surface area contributed by atoms with Gasteiger partial charge in [0.25, 0.3) is 0 Å². The maximum Gasteiger partial charge on any atom is 0.336 e. The van der Waals surface area contributed by atoms with Crippen LogP contribution in [0.5, 0.6) is 0 Å². The van der Waals surface area contributed by atoms with Crippen molar-refractivity contribution in [1.29, 1.82) is 0 Å². The van der Waals surface area contributed by atoms with Crippen LogP contribution in [0.1, 0.15) is 39.2 Å². The van der Waals surface area contributed by atoms with Crippen LogP contribution in [0.15, 0.2) is 40.7 Å². The average Bonchev–Trinajstić information content (AvgIpc) is 3.19. The summed E-state index contributed by atoms with van der Waals surface area (Å²) >= 11 is 1.08. The minimum Gasteiger partial charge on any atom is -0.463 e. The number of hydrogen-bond donors (Lipinski definition) is 1. The van der Waals surface area contributed by atoms with E-state index in [9.17, 15) is 9.59 Å². The van der Waals surface area contributed by atoms with Crippen LogP contribution in [-0.2, 0) is 23.8 Å². The van der Waals surface area contributed by atoms with Crippen molar-refractivity contribution in [3.8, 4) is 0 Å². The molecule has 1 N–H and O–H groups in total. The highest BCUT2D eigenvalue weighted by Crippen LogP contribution is 2.41. The summed E-state index contributed by atoms with van der Waals surface area (Å²) in [5, 5.41) is 3.14. The Balaban J connectivity index is 2.09. The molecule has 1 unspecified atom stereocenters. The van der Waals surface area contributed by atoms with Crippen LogP contribution >= 0.6 is 11.7 Å². The minimum absolute atomic E-state index is 0.121. The van der Waals surface area contributed by atoms with Gasteiger partial charge in [-0.2, -0.15) is 8.75 Å². The Hall–Kier alpha value is -2.78. The highest BCUT2D eigenvalue weighted by Gasteiger charge is 2.39. The van der Waals surface area contributed by atoms with Crippen LogP contribution in [0, 0.1) is 0 Å². The van der Waals surface area contributed by atoms with Crippen molar-refractivity contribution in [3.63, 3.8) is 0 Å². The molecular weight excluding hydrogens is 406 g/mol. The van der Waals surface area contributed by atoms with Crippen molar-refractivity contribution >= 4 is 34.7 Å². The van der Waals surface area contributed by atoms with Gasteiger partial charge in [-0.1, -0.05) is 12.1 Å². The van der Waals surface area contributed by atoms with E-state index in [0.717, 1.165) is 11.7 Å². The number of rotatable bonds is 8. The summed E-state index contributed by atoms with van der Waals surface area (Å²) in [4.78, 5) is 26.0. The number of aromatic nitrogens is 2.